The molecule has 1 N–H and O–H groups in total. The lowest BCUT2D eigenvalue weighted by atomic mass is 10.2. The minimum atomic E-state index is 0.748. The van der Waals surface area contributed by atoms with Gasteiger partial charge in [-0.2, -0.15) is 0 Å². The molecule has 3 heteroatoms. The Morgan fingerprint density at radius 2 is 2.22 bits per heavy atom. The molecule has 0 unspecified atom stereocenters. The van der Waals surface area contributed by atoms with Crippen LogP contribution in [0.5, 0.6) is 0 Å². The third-order valence-electron chi connectivity index (χ3n) is 3.48. The molecule has 1 aromatic heterocycles. The van der Waals surface area contributed by atoms with E-state index in [4.69, 9.17) is 0 Å². The number of aromatic nitrogens is 1. The summed E-state index contributed by atoms with van der Waals surface area (Å²) >= 11 is 0. The molecule has 18 heavy (non-hydrogen) atoms. The number of rotatable bonds is 8. The molecule has 3 nitrogen and oxygen atoms in total. The molecule has 1 fully saturated rings. The molecule has 0 aromatic carbocycles. The monoisotopic (exact) mass is 247 g/mol. The minimum Gasteiger partial charge on any atom is -0.372 e. The molecule has 0 aliphatic heterocycles. The maximum Gasteiger partial charge on any atom is 0.0562 e. The second-order valence-electron chi connectivity index (χ2n) is 5.09. The third-order valence-corrected chi connectivity index (χ3v) is 3.48. The molecule has 1 aliphatic rings. The third kappa shape index (κ3) is 3.98. The number of hydrogen-bond acceptors (Lipinski definition) is 3. The zero-order valence-corrected chi connectivity index (χ0v) is 11.7. The van der Waals surface area contributed by atoms with Crippen LogP contribution in [-0.2, 0) is 6.54 Å². The number of hydrogen-bond donors (Lipinski definition) is 1. The fourth-order valence-electron chi connectivity index (χ4n) is 2.11. The molecular formula is C15H25N3. The van der Waals surface area contributed by atoms with Gasteiger partial charge in [0, 0.05) is 37.6 Å². The summed E-state index contributed by atoms with van der Waals surface area (Å²) in [5, 5.41) is 3.52. The van der Waals surface area contributed by atoms with Gasteiger partial charge >= 0.3 is 0 Å². The topological polar surface area (TPSA) is 28.2 Å². The van der Waals surface area contributed by atoms with Crippen molar-refractivity contribution in [1.29, 1.82) is 0 Å². The summed E-state index contributed by atoms with van der Waals surface area (Å²) < 4.78 is 0. The Balaban J connectivity index is 1.94. The molecule has 100 valence electrons. The standard InChI is InChI=1S/C15H25N3/c1-3-5-10-18(4-2)15-8-9-16-14(11-15)12-17-13-6-7-13/h8-9,11,13,17H,3-7,10,12H2,1-2H3. The van der Waals surface area contributed by atoms with Gasteiger partial charge in [0.25, 0.3) is 0 Å². The summed E-state index contributed by atoms with van der Waals surface area (Å²) in [6, 6.07) is 5.10. The number of unbranched alkanes of at least 4 members (excludes halogenated alkanes) is 1. The first kappa shape index (κ1) is 13.3. The molecule has 1 aliphatic carbocycles. The number of nitrogens with zero attached hydrogens (tertiary/aromatic N) is 2. The number of pyridine rings is 1. The van der Waals surface area contributed by atoms with E-state index in [1.54, 1.807) is 0 Å². The molecule has 0 saturated heterocycles. The smallest absolute Gasteiger partial charge is 0.0562 e. The van der Waals surface area contributed by atoms with Crippen molar-refractivity contribution in [3.63, 3.8) is 0 Å². The summed E-state index contributed by atoms with van der Waals surface area (Å²) in [5.74, 6) is 0. The van der Waals surface area contributed by atoms with Gasteiger partial charge in [-0.25, -0.2) is 0 Å². The predicted octanol–water partition coefficient (Wildman–Crippen LogP) is 2.96. The highest BCUT2D eigenvalue weighted by atomic mass is 15.1. The van der Waals surface area contributed by atoms with E-state index in [0.29, 0.717) is 0 Å². The minimum absolute atomic E-state index is 0.748. The van der Waals surface area contributed by atoms with Crippen LogP contribution < -0.4 is 10.2 Å². The van der Waals surface area contributed by atoms with Crippen LogP contribution in [-0.4, -0.2) is 24.1 Å². The second-order valence-corrected chi connectivity index (χ2v) is 5.09. The normalized spacial score (nSPS) is 14.8. The van der Waals surface area contributed by atoms with Gasteiger partial charge in [0.15, 0.2) is 0 Å². The average molecular weight is 247 g/mol. The Kier molecular flexibility index (Phi) is 5.00. The summed E-state index contributed by atoms with van der Waals surface area (Å²) in [6.07, 6.45) is 7.10. The Labute approximate surface area is 111 Å². The van der Waals surface area contributed by atoms with E-state index >= 15 is 0 Å². The second kappa shape index (κ2) is 6.74. The summed E-state index contributed by atoms with van der Waals surface area (Å²) in [5.41, 5.74) is 2.47. The van der Waals surface area contributed by atoms with Gasteiger partial charge < -0.3 is 10.2 Å². The lowest BCUT2D eigenvalue weighted by Gasteiger charge is -2.23. The first-order valence-electron chi connectivity index (χ1n) is 7.26. The van der Waals surface area contributed by atoms with E-state index in [1.165, 1.54) is 31.4 Å². The molecule has 1 aromatic rings. The highest BCUT2D eigenvalue weighted by Crippen LogP contribution is 2.20. The van der Waals surface area contributed by atoms with Gasteiger partial charge in [0.2, 0.25) is 0 Å². The molecule has 0 spiro atoms. The van der Waals surface area contributed by atoms with Crippen molar-refractivity contribution in [2.45, 2.75) is 52.1 Å². The Morgan fingerprint density at radius 3 is 2.89 bits per heavy atom. The molecule has 0 amide bonds. The quantitative estimate of drug-likeness (QED) is 0.765. The molecular weight excluding hydrogens is 222 g/mol. The van der Waals surface area contributed by atoms with E-state index in [9.17, 15) is 0 Å². The van der Waals surface area contributed by atoms with Crippen LogP contribution in [0.25, 0.3) is 0 Å². The first-order valence-corrected chi connectivity index (χ1v) is 7.26. The maximum absolute atomic E-state index is 4.45. The van der Waals surface area contributed by atoms with E-state index in [-0.39, 0.29) is 0 Å². The van der Waals surface area contributed by atoms with E-state index in [2.05, 4.69) is 41.2 Å². The van der Waals surface area contributed by atoms with Crippen LogP contribution in [0.15, 0.2) is 18.3 Å². The Hall–Kier alpha value is -1.09. The SMILES string of the molecule is CCCCN(CC)c1ccnc(CNC2CC2)c1. The number of nitrogens with one attached hydrogen (secondary N) is 1. The Bertz CT molecular complexity index is 361. The van der Waals surface area contributed by atoms with Crippen molar-refractivity contribution in [3.8, 4) is 0 Å². The van der Waals surface area contributed by atoms with E-state index in [0.717, 1.165) is 31.4 Å². The van der Waals surface area contributed by atoms with Crippen molar-refractivity contribution < 1.29 is 0 Å². The van der Waals surface area contributed by atoms with E-state index in [1.807, 2.05) is 6.20 Å². The first-order chi connectivity index (χ1) is 8.83. The van der Waals surface area contributed by atoms with Crippen LogP contribution in [0.2, 0.25) is 0 Å². The summed E-state index contributed by atoms with van der Waals surface area (Å²) in [6.45, 7) is 7.58. The van der Waals surface area contributed by atoms with Crippen molar-refractivity contribution in [3.05, 3.63) is 24.0 Å². The lowest BCUT2D eigenvalue weighted by molar-refractivity contribution is 0.673. The predicted molar refractivity (Wildman–Crippen MR) is 76.9 cm³/mol. The highest BCUT2D eigenvalue weighted by molar-refractivity contribution is 5.46. The summed E-state index contributed by atoms with van der Waals surface area (Å²) in [7, 11) is 0. The lowest BCUT2D eigenvalue weighted by Crippen LogP contribution is -2.24. The molecule has 1 saturated carbocycles. The van der Waals surface area contributed by atoms with Crippen molar-refractivity contribution in [2.24, 2.45) is 0 Å². The van der Waals surface area contributed by atoms with Gasteiger partial charge in [-0.15, -0.1) is 0 Å². The van der Waals surface area contributed by atoms with Crippen LogP contribution in [0, 0.1) is 0 Å². The van der Waals surface area contributed by atoms with Gasteiger partial charge in [0.05, 0.1) is 5.69 Å². The zero-order chi connectivity index (χ0) is 12.8. The van der Waals surface area contributed by atoms with Crippen LogP contribution >= 0.6 is 0 Å². The average Bonchev–Trinajstić information content (AvgIpc) is 3.22. The van der Waals surface area contributed by atoms with Crippen LogP contribution in [0.1, 0.15) is 45.2 Å². The molecule has 0 bridgehead atoms. The summed E-state index contributed by atoms with van der Waals surface area (Å²) in [4.78, 5) is 6.88. The fourth-order valence-corrected chi connectivity index (χ4v) is 2.11. The van der Waals surface area contributed by atoms with Gasteiger partial charge in [-0.05, 0) is 38.3 Å². The van der Waals surface area contributed by atoms with E-state index < -0.39 is 0 Å². The molecule has 0 radical (unpaired) electrons. The molecule has 1 heterocycles. The van der Waals surface area contributed by atoms with Crippen molar-refractivity contribution in [1.82, 2.24) is 10.3 Å². The van der Waals surface area contributed by atoms with Crippen LogP contribution in [0.4, 0.5) is 5.69 Å². The largest absolute Gasteiger partial charge is 0.372 e. The highest BCUT2D eigenvalue weighted by Gasteiger charge is 2.20. The van der Waals surface area contributed by atoms with Gasteiger partial charge in [-0.3, -0.25) is 4.98 Å². The zero-order valence-electron chi connectivity index (χ0n) is 11.7. The van der Waals surface area contributed by atoms with Crippen molar-refractivity contribution >= 4 is 5.69 Å². The van der Waals surface area contributed by atoms with Gasteiger partial charge in [0.1, 0.15) is 0 Å². The number of anilines is 1. The molecule has 2 rings (SSSR count). The molecule has 0 atom stereocenters. The van der Waals surface area contributed by atoms with Gasteiger partial charge in [-0.1, -0.05) is 13.3 Å². The van der Waals surface area contributed by atoms with Crippen molar-refractivity contribution in [2.75, 3.05) is 18.0 Å². The maximum atomic E-state index is 4.45. The van der Waals surface area contributed by atoms with Crippen LogP contribution in [0.3, 0.4) is 0 Å². The fraction of sp³-hybridized carbons (Fsp3) is 0.667. The Morgan fingerprint density at radius 1 is 1.39 bits per heavy atom.